The number of hydrogen-bond acceptors (Lipinski definition) is 6. The highest BCUT2D eigenvalue weighted by Gasteiger charge is 2.38. The molecule has 1 aliphatic heterocycles. The van der Waals surface area contributed by atoms with Crippen molar-refractivity contribution in [2.75, 3.05) is 53.6 Å². The molecule has 1 heterocycles. The number of rotatable bonds is 15. The van der Waals surface area contributed by atoms with Crippen LogP contribution in [0.3, 0.4) is 0 Å². The SMILES string of the molecule is COCCCOc1cc(C(=O)N(CC2CNCC2CN(C(=O)Cc2ccc3ccccc3c2)C2CC2)C(C)C)ccc1OC. The average molecular weight is 602 g/mol. The molecule has 1 saturated heterocycles. The lowest BCUT2D eigenvalue weighted by Crippen LogP contribution is -2.45. The lowest BCUT2D eigenvalue weighted by atomic mass is 9.93. The van der Waals surface area contributed by atoms with Gasteiger partial charge < -0.3 is 29.3 Å². The average Bonchev–Trinajstić information content (AvgIpc) is 3.78. The summed E-state index contributed by atoms with van der Waals surface area (Å²) in [6, 6.07) is 20.3. The molecule has 1 aliphatic carbocycles. The molecule has 1 saturated carbocycles. The second-order valence-corrected chi connectivity index (χ2v) is 12.4. The maximum atomic E-state index is 13.9. The number of nitrogens with one attached hydrogen (secondary N) is 1. The molecule has 3 aromatic rings. The van der Waals surface area contributed by atoms with Gasteiger partial charge in [-0.25, -0.2) is 0 Å². The Morgan fingerprint density at radius 1 is 0.886 bits per heavy atom. The first-order valence-electron chi connectivity index (χ1n) is 16.0. The number of nitrogens with zero attached hydrogens (tertiary/aromatic N) is 2. The summed E-state index contributed by atoms with van der Waals surface area (Å²) in [5.74, 6) is 1.86. The second-order valence-electron chi connectivity index (χ2n) is 12.4. The Balaban J connectivity index is 1.25. The molecule has 0 radical (unpaired) electrons. The Morgan fingerprint density at radius 3 is 2.34 bits per heavy atom. The van der Waals surface area contributed by atoms with Crippen molar-refractivity contribution in [3.8, 4) is 11.5 Å². The number of fused-ring (bicyclic) bond motifs is 1. The Morgan fingerprint density at radius 2 is 1.64 bits per heavy atom. The van der Waals surface area contributed by atoms with Crippen molar-refractivity contribution in [3.05, 3.63) is 71.8 Å². The van der Waals surface area contributed by atoms with Crippen molar-refractivity contribution in [2.45, 2.75) is 51.6 Å². The fraction of sp³-hybridized carbons (Fsp3) is 0.500. The summed E-state index contributed by atoms with van der Waals surface area (Å²) >= 11 is 0. The number of methoxy groups -OCH3 is 2. The van der Waals surface area contributed by atoms with Gasteiger partial charge in [0.2, 0.25) is 5.91 Å². The highest BCUT2D eigenvalue weighted by atomic mass is 16.5. The van der Waals surface area contributed by atoms with E-state index < -0.39 is 0 Å². The number of carbonyl (C=O) groups excluding carboxylic acids is 2. The molecule has 0 bridgehead atoms. The van der Waals surface area contributed by atoms with E-state index in [2.05, 4.69) is 54.4 Å². The molecular weight excluding hydrogens is 554 g/mol. The number of hydrogen-bond donors (Lipinski definition) is 1. The van der Waals surface area contributed by atoms with Gasteiger partial charge in [0.25, 0.3) is 5.91 Å². The molecule has 3 aromatic carbocycles. The molecule has 5 rings (SSSR count). The Bertz CT molecular complexity index is 1420. The number of benzene rings is 3. The zero-order valence-corrected chi connectivity index (χ0v) is 26.6. The molecule has 2 aliphatic rings. The van der Waals surface area contributed by atoms with Gasteiger partial charge in [0.05, 0.1) is 20.1 Å². The van der Waals surface area contributed by atoms with Gasteiger partial charge in [-0.2, -0.15) is 0 Å². The highest BCUT2D eigenvalue weighted by Crippen LogP contribution is 2.32. The third-order valence-corrected chi connectivity index (χ3v) is 8.86. The fourth-order valence-electron chi connectivity index (χ4n) is 6.19. The molecule has 0 aromatic heterocycles. The largest absolute Gasteiger partial charge is 0.493 e. The molecule has 8 heteroatoms. The van der Waals surface area contributed by atoms with Crippen LogP contribution in [-0.4, -0.2) is 87.3 Å². The van der Waals surface area contributed by atoms with Gasteiger partial charge in [0.1, 0.15) is 0 Å². The van der Waals surface area contributed by atoms with E-state index in [9.17, 15) is 9.59 Å². The molecule has 2 atom stereocenters. The highest BCUT2D eigenvalue weighted by molar-refractivity contribution is 5.95. The minimum atomic E-state index is -0.0264. The van der Waals surface area contributed by atoms with Crippen molar-refractivity contribution in [3.63, 3.8) is 0 Å². The van der Waals surface area contributed by atoms with Crippen LogP contribution in [0.5, 0.6) is 11.5 Å². The first-order valence-corrected chi connectivity index (χ1v) is 16.0. The molecule has 236 valence electrons. The van der Waals surface area contributed by atoms with E-state index in [1.165, 1.54) is 5.39 Å². The summed E-state index contributed by atoms with van der Waals surface area (Å²) in [5, 5.41) is 5.90. The fourth-order valence-corrected chi connectivity index (χ4v) is 6.19. The molecule has 2 amide bonds. The summed E-state index contributed by atoms with van der Waals surface area (Å²) in [6.45, 7) is 8.22. The minimum Gasteiger partial charge on any atom is -0.493 e. The van der Waals surface area contributed by atoms with Crippen molar-refractivity contribution >= 4 is 22.6 Å². The summed E-state index contributed by atoms with van der Waals surface area (Å²) in [5.41, 5.74) is 1.63. The van der Waals surface area contributed by atoms with Gasteiger partial charge in [0, 0.05) is 64.0 Å². The van der Waals surface area contributed by atoms with E-state index >= 15 is 0 Å². The summed E-state index contributed by atoms with van der Waals surface area (Å²) in [7, 11) is 3.27. The van der Waals surface area contributed by atoms with Crippen LogP contribution in [0.15, 0.2) is 60.7 Å². The van der Waals surface area contributed by atoms with Crippen LogP contribution in [0.1, 0.15) is 49.0 Å². The topological polar surface area (TPSA) is 80.3 Å². The van der Waals surface area contributed by atoms with Crippen LogP contribution in [0.2, 0.25) is 0 Å². The lowest BCUT2D eigenvalue weighted by molar-refractivity contribution is -0.131. The first kappa shape index (κ1) is 31.8. The van der Waals surface area contributed by atoms with Crippen LogP contribution in [0, 0.1) is 11.8 Å². The van der Waals surface area contributed by atoms with Crippen LogP contribution in [0.25, 0.3) is 10.8 Å². The predicted molar refractivity (Wildman–Crippen MR) is 173 cm³/mol. The van der Waals surface area contributed by atoms with Gasteiger partial charge >= 0.3 is 0 Å². The summed E-state index contributed by atoms with van der Waals surface area (Å²) in [4.78, 5) is 31.6. The van der Waals surface area contributed by atoms with Crippen molar-refractivity contribution < 1.29 is 23.8 Å². The normalized spacial score (nSPS) is 18.0. The monoisotopic (exact) mass is 601 g/mol. The van der Waals surface area contributed by atoms with E-state index in [-0.39, 0.29) is 29.7 Å². The van der Waals surface area contributed by atoms with Gasteiger partial charge in [-0.15, -0.1) is 0 Å². The van der Waals surface area contributed by atoms with E-state index in [1.54, 1.807) is 26.4 Å². The quantitative estimate of drug-likeness (QED) is 0.242. The Kier molecular flexibility index (Phi) is 10.8. The smallest absolute Gasteiger partial charge is 0.254 e. The van der Waals surface area contributed by atoms with E-state index in [1.807, 2.05) is 23.1 Å². The number of ether oxygens (including phenoxy) is 3. The van der Waals surface area contributed by atoms with Crippen molar-refractivity contribution in [1.82, 2.24) is 15.1 Å². The van der Waals surface area contributed by atoms with Crippen molar-refractivity contribution in [1.29, 1.82) is 0 Å². The number of carbonyl (C=O) groups is 2. The summed E-state index contributed by atoms with van der Waals surface area (Å²) < 4.78 is 16.6. The van der Waals surface area contributed by atoms with Crippen LogP contribution in [0.4, 0.5) is 0 Å². The van der Waals surface area contributed by atoms with E-state index in [0.717, 1.165) is 49.8 Å². The first-order chi connectivity index (χ1) is 21.4. The molecule has 2 unspecified atom stereocenters. The second kappa shape index (κ2) is 14.9. The van der Waals surface area contributed by atoms with Gasteiger partial charge in [0.15, 0.2) is 11.5 Å². The Hall–Kier alpha value is -3.62. The zero-order valence-electron chi connectivity index (χ0n) is 26.6. The van der Waals surface area contributed by atoms with Crippen LogP contribution >= 0.6 is 0 Å². The predicted octanol–water partition coefficient (Wildman–Crippen LogP) is 5.18. The maximum absolute atomic E-state index is 13.9. The van der Waals surface area contributed by atoms with Gasteiger partial charge in [-0.05, 0) is 73.1 Å². The molecular formula is C36H47N3O5. The molecule has 0 spiro atoms. The molecule has 2 fully saturated rings. The zero-order chi connectivity index (χ0) is 31.1. The standard InChI is InChI=1S/C36H47N3O5/c1-25(2)38(36(41)29-12-15-33(43-4)34(20-29)44-17-7-16-42-3)23-30-21-37-22-31(30)24-39(32-13-14-32)35(40)19-26-10-11-27-8-5-6-9-28(27)18-26/h5-6,8-12,15,18,20,25,30-32,37H,7,13-14,16-17,19,21-24H2,1-4H3. The van der Waals surface area contributed by atoms with Gasteiger partial charge in [-0.1, -0.05) is 42.5 Å². The van der Waals surface area contributed by atoms with E-state index in [0.29, 0.717) is 49.3 Å². The third kappa shape index (κ3) is 7.90. The maximum Gasteiger partial charge on any atom is 0.254 e. The minimum absolute atomic E-state index is 0.0194. The molecule has 1 N–H and O–H groups in total. The third-order valence-electron chi connectivity index (χ3n) is 8.86. The van der Waals surface area contributed by atoms with Crippen LogP contribution < -0.4 is 14.8 Å². The summed E-state index contributed by atoms with van der Waals surface area (Å²) in [6.07, 6.45) is 3.29. The number of amides is 2. The van der Waals surface area contributed by atoms with Crippen LogP contribution in [-0.2, 0) is 16.0 Å². The lowest BCUT2D eigenvalue weighted by Gasteiger charge is -2.34. The van der Waals surface area contributed by atoms with Gasteiger partial charge in [-0.3, -0.25) is 9.59 Å². The molecule has 8 nitrogen and oxygen atoms in total. The van der Waals surface area contributed by atoms with E-state index in [4.69, 9.17) is 14.2 Å². The molecule has 44 heavy (non-hydrogen) atoms. The van der Waals surface area contributed by atoms with Crippen molar-refractivity contribution in [2.24, 2.45) is 11.8 Å². The Labute approximate surface area is 261 Å².